The highest BCUT2D eigenvalue weighted by Gasteiger charge is 2.15. The first-order valence-corrected chi connectivity index (χ1v) is 7.11. The van der Waals surface area contributed by atoms with Crippen molar-refractivity contribution in [3.05, 3.63) is 35.6 Å². The van der Waals surface area contributed by atoms with Crippen LogP contribution < -0.4 is 5.32 Å². The second-order valence-corrected chi connectivity index (χ2v) is 5.96. The number of nitrogens with one attached hydrogen (secondary N) is 1. The highest BCUT2D eigenvalue weighted by molar-refractivity contribution is 8.02. The van der Waals surface area contributed by atoms with Gasteiger partial charge in [0.2, 0.25) is 5.91 Å². The first-order valence-electron chi connectivity index (χ1n) is 5.35. The molecular formula is C11H12N4OS2. The van der Waals surface area contributed by atoms with Crippen molar-refractivity contribution >= 4 is 29.0 Å². The van der Waals surface area contributed by atoms with Gasteiger partial charge >= 0.3 is 0 Å². The molecule has 94 valence electrons. The van der Waals surface area contributed by atoms with Gasteiger partial charge < -0.3 is 5.32 Å². The molecule has 2 rings (SSSR count). The Kier molecular flexibility index (Phi) is 4.66. The Hall–Kier alpha value is -1.47. The van der Waals surface area contributed by atoms with Crippen LogP contribution in [0.5, 0.6) is 0 Å². The van der Waals surface area contributed by atoms with E-state index in [1.54, 1.807) is 17.9 Å². The molecule has 0 bridgehead atoms. The van der Waals surface area contributed by atoms with E-state index in [4.69, 9.17) is 0 Å². The normalized spacial score (nSPS) is 12.1. The summed E-state index contributed by atoms with van der Waals surface area (Å²) >= 11 is 2.84. The molecule has 0 spiro atoms. The summed E-state index contributed by atoms with van der Waals surface area (Å²) in [5.41, 5.74) is 2.64. The average Bonchev–Trinajstić information content (AvgIpc) is 2.90. The molecule has 2 heterocycles. The Morgan fingerprint density at radius 1 is 1.61 bits per heavy atom. The van der Waals surface area contributed by atoms with Crippen molar-refractivity contribution in [1.29, 1.82) is 0 Å². The number of aromatic nitrogens is 3. The van der Waals surface area contributed by atoms with E-state index in [1.165, 1.54) is 23.1 Å². The smallest absolute Gasteiger partial charge is 0.233 e. The summed E-state index contributed by atoms with van der Waals surface area (Å²) in [5.74, 6) is -0.0148. The van der Waals surface area contributed by atoms with Gasteiger partial charge in [0.25, 0.3) is 0 Å². The van der Waals surface area contributed by atoms with E-state index in [9.17, 15) is 4.79 Å². The van der Waals surface area contributed by atoms with Crippen molar-refractivity contribution in [2.75, 3.05) is 0 Å². The summed E-state index contributed by atoms with van der Waals surface area (Å²) in [4.78, 5) is 15.8. The van der Waals surface area contributed by atoms with Gasteiger partial charge in [-0.05, 0) is 18.6 Å². The van der Waals surface area contributed by atoms with Gasteiger partial charge in [-0.25, -0.2) is 0 Å². The molecule has 0 fully saturated rings. The zero-order valence-corrected chi connectivity index (χ0v) is 11.4. The number of pyridine rings is 1. The molecule has 1 N–H and O–H groups in total. The van der Waals surface area contributed by atoms with E-state index in [2.05, 4.69) is 20.5 Å². The maximum absolute atomic E-state index is 11.8. The Morgan fingerprint density at radius 3 is 3.17 bits per heavy atom. The lowest BCUT2D eigenvalue weighted by Crippen LogP contribution is -2.30. The molecule has 18 heavy (non-hydrogen) atoms. The lowest BCUT2D eigenvalue weighted by atomic mass is 10.3. The van der Waals surface area contributed by atoms with E-state index in [0.29, 0.717) is 6.54 Å². The number of carbonyl (C=O) groups excluding carboxylic acids is 1. The van der Waals surface area contributed by atoms with E-state index in [-0.39, 0.29) is 11.2 Å². The zero-order chi connectivity index (χ0) is 12.8. The Balaban J connectivity index is 1.81. The number of thioether (sulfide) groups is 1. The lowest BCUT2D eigenvalue weighted by Gasteiger charge is -2.09. The van der Waals surface area contributed by atoms with E-state index >= 15 is 0 Å². The fourth-order valence-corrected chi connectivity index (χ4v) is 2.90. The second-order valence-electron chi connectivity index (χ2n) is 3.54. The van der Waals surface area contributed by atoms with Crippen molar-refractivity contribution in [2.45, 2.75) is 23.1 Å². The van der Waals surface area contributed by atoms with Crippen molar-refractivity contribution in [3.63, 3.8) is 0 Å². The van der Waals surface area contributed by atoms with Gasteiger partial charge in [0, 0.05) is 18.9 Å². The number of rotatable bonds is 5. The minimum absolute atomic E-state index is 0.0148. The van der Waals surface area contributed by atoms with Crippen LogP contribution in [0.1, 0.15) is 12.5 Å². The quantitative estimate of drug-likeness (QED) is 0.845. The molecule has 0 radical (unpaired) electrons. The van der Waals surface area contributed by atoms with Crippen LogP contribution in [0, 0.1) is 0 Å². The fourth-order valence-electron chi connectivity index (χ4n) is 1.25. The summed E-state index contributed by atoms with van der Waals surface area (Å²) in [5, 5.41) is 10.3. The molecule has 0 aromatic carbocycles. The standard InChI is InChI=1S/C11H12N4OS2/c1-8(18-11-15-14-7-17-11)10(16)13-6-9-3-2-4-12-5-9/h2-5,7-8H,6H2,1H3,(H,13,16). The van der Waals surface area contributed by atoms with E-state index < -0.39 is 0 Å². The van der Waals surface area contributed by atoms with Crippen molar-refractivity contribution in [3.8, 4) is 0 Å². The van der Waals surface area contributed by atoms with Gasteiger partial charge in [-0.15, -0.1) is 10.2 Å². The number of amides is 1. The number of hydrogen-bond donors (Lipinski definition) is 1. The summed E-state index contributed by atoms with van der Waals surface area (Å²) in [7, 11) is 0. The van der Waals surface area contributed by atoms with Crippen LogP contribution in [0.25, 0.3) is 0 Å². The molecule has 0 aliphatic rings. The maximum atomic E-state index is 11.8. The third-order valence-electron chi connectivity index (χ3n) is 2.18. The van der Waals surface area contributed by atoms with Gasteiger partial charge in [0.1, 0.15) is 5.51 Å². The van der Waals surface area contributed by atoms with E-state index in [0.717, 1.165) is 9.90 Å². The van der Waals surface area contributed by atoms with Crippen molar-refractivity contribution < 1.29 is 4.79 Å². The molecule has 7 heteroatoms. The average molecular weight is 280 g/mol. The van der Waals surface area contributed by atoms with Gasteiger partial charge in [-0.1, -0.05) is 29.2 Å². The van der Waals surface area contributed by atoms with Crippen LogP contribution in [-0.4, -0.2) is 26.3 Å². The van der Waals surface area contributed by atoms with Crippen molar-refractivity contribution in [1.82, 2.24) is 20.5 Å². The fraction of sp³-hybridized carbons (Fsp3) is 0.273. The topological polar surface area (TPSA) is 67.8 Å². The molecule has 1 amide bonds. The molecule has 0 aliphatic carbocycles. The lowest BCUT2D eigenvalue weighted by molar-refractivity contribution is -0.120. The van der Waals surface area contributed by atoms with Gasteiger partial charge in [0.05, 0.1) is 5.25 Å². The van der Waals surface area contributed by atoms with Crippen LogP contribution in [0.2, 0.25) is 0 Å². The predicted octanol–water partition coefficient (Wildman–Crippen LogP) is 1.73. The van der Waals surface area contributed by atoms with Crippen molar-refractivity contribution in [2.24, 2.45) is 0 Å². The minimum Gasteiger partial charge on any atom is -0.351 e. The number of nitrogens with zero attached hydrogens (tertiary/aromatic N) is 3. The molecule has 2 aromatic rings. The largest absolute Gasteiger partial charge is 0.351 e. The third-order valence-corrected chi connectivity index (χ3v) is 4.09. The Bertz CT molecular complexity index is 489. The summed E-state index contributed by atoms with van der Waals surface area (Å²) in [6, 6.07) is 3.77. The molecule has 2 aromatic heterocycles. The first kappa shape index (κ1) is 13.0. The molecule has 5 nitrogen and oxygen atoms in total. The third kappa shape index (κ3) is 3.78. The Labute approximate surface area is 113 Å². The van der Waals surface area contributed by atoms with Crippen LogP contribution in [0.15, 0.2) is 34.4 Å². The predicted molar refractivity (Wildman–Crippen MR) is 71.3 cm³/mol. The van der Waals surface area contributed by atoms with Gasteiger partial charge in [-0.3, -0.25) is 9.78 Å². The van der Waals surface area contributed by atoms with Crippen LogP contribution in [0.4, 0.5) is 0 Å². The van der Waals surface area contributed by atoms with Crippen LogP contribution in [0.3, 0.4) is 0 Å². The molecule has 1 atom stereocenters. The summed E-state index contributed by atoms with van der Waals surface area (Å²) in [6.07, 6.45) is 3.45. The zero-order valence-electron chi connectivity index (χ0n) is 9.74. The summed E-state index contributed by atoms with van der Waals surface area (Å²) in [6.45, 7) is 2.35. The maximum Gasteiger partial charge on any atom is 0.233 e. The van der Waals surface area contributed by atoms with Gasteiger partial charge in [0.15, 0.2) is 4.34 Å². The van der Waals surface area contributed by atoms with Crippen LogP contribution in [-0.2, 0) is 11.3 Å². The van der Waals surface area contributed by atoms with Crippen LogP contribution >= 0.6 is 23.1 Å². The Morgan fingerprint density at radius 2 is 2.50 bits per heavy atom. The second kappa shape index (κ2) is 6.46. The minimum atomic E-state index is -0.186. The molecule has 0 saturated carbocycles. The monoisotopic (exact) mass is 280 g/mol. The molecular weight excluding hydrogens is 268 g/mol. The highest BCUT2D eigenvalue weighted by atomic mass is 32.2. The molecule has 0 saturated heterocycles. The first-order chi connectivity index (χ1) is 8.75. The highest BCUT2D eigenvalue weighted by Crippen LogP contribution is 2.23. The number of hydrogen-bond acceptors (Lipinski definition) is 6. The SMILES string of the molecule is CC(Sc1nncs1)C(=O)NCc1cccnc1. The van der Waals surface area contributed by atoms with E-state index in [1.807, 2.05) is 19.1 Å². The van der Waals surface area contributed by atoms with Gasteiger partial charge in [-0.2, -0.15) is 0 Å². The summed E-state index contributed by atoms with van der Waals surface area (Å²) < 4.78 is 0.805. The molecule has 0 aliphatic heterocycles. The number of carbonyl (C=O) groups is 1. The molecule has 1 unspecified atom stereocenters.